The number of ether oxygens (including phenoxy) is 1. The minimum Gasteiger partial charge on any atom is -0.497 e. The number of amides is 3. The molecule has 0 aromatic heterocycles. The Kier molecular flexibility index (Phi) is 5.42. The maximum atomic E-state index is 13.7. The maximum Gasteiger partial charge on any atom is 0.268 e. The van der Waals surface area contributed by atoms with E-state index in [4.69, 9.17) is 4.74 Å². The number of nitrogens with one attached hydrogen (secondary N) is 1. The summed E-state index contributed by atoms with van der Waals surface area (Å²) in [6.07, 6.45) is 0. The van der Waals surface area contributed by atoms with Crippen molar-refractivity contribution in [3.8, 4) is 5.75 Å². The molecule has 2 aliphatic heterocycles. The normalized spacial score (nSPS) is 21.7. The van der Waals surface area contributed by atoms with Crippen molar-refractivity contribution in [3.63, 3.8) is 0 Å². The zero-order chi connectivity index (χ0) is 24.0. The smallest absolute Gasteiger partial charge is 0.268 e. The van der Waals surface area contributed by atoms with E-state index in [0.717, 1.165) is 16.7 Å². The van der Waals surface area contributed by atoms with Crippen LogP contribution in [-0.2, 0) is 9.59 Å². The molecule has 5 rings (SSSR count). The first kappa shape index (κ1) is 21.9. The lowest BCUT2D eigenvalue weighted by Crippen LogP contribution is -2.48. The molecular formula is C27H25N3O4. The minimum atomic E-state index is -0.959. The standard InChI is InChI=1S/C27H25N3O4/c1-16-7-11-18(12-8-16)25(31)30-24-22(23(28-30)19-5-4-6-21(15-19)34-3)26(32)29(27(24)33)20-13-9-17(2)10-14-20/h4-15,22-24,28H,1-3H3/t22-,23+,24+/m1/s1. The summed E-state index contributed by atoms with van der Waals surface area (Å²) in [6, 6.07) is 20.2. The van der Waals surface area contributed by atoms with E-state index in [9.17, 15) is 14.4 Å². The number of aryl methyl sites for hydroxylation is 2. The third kappa shape index (κ3) is 3.54. The number of rotatable bonds is 4. The van der Waals surface area contributed by atoms with Gasteiger partial charge in [-0.25, -0.2) is 10.3 Å². The van der Waals surface area contributed by atoms with E-state index in [1.54, 1.807) is 31.4 Å². The molecule has 3 amide bonds. The summed E-state index contributed by atoms with van der Waals surface area (Å²) in [5.74, 6) is -1.25. The molecule has 0 unspecified atom stereocenters. The number of carbonyl (C=O) groups is 3. The molecule has 172 valence electrons. The van der Waals surface area contributed by atoms with E-state index < -0.39 is 23.9 Å². The lowest BCUT2D eigenvalue weighted by atomic mass is 9.90. The van der Waals surface area contributed by atoms with Crippen LogP contribution < -0.4 is 15.1 Å². The Morgan fingerprint density at radius 3 is 2.18 bits per heavy atom. The van der Waals surface area contributed by atoms with Gasteiger partial charge in [-0.1, -0.05) is 47.5 Å². The molecule has 1 N–H and O–H groups in total. The Hall–Kier alpha value is -3.97. The monoisotopic (exact) mass is 455 g/mol. The number of hydrogen-bond donors (Lipinski definition) is 1. The second-order valence-corrected chi connectivity index (χ2v) is 8.74. The van der Waals surface area contributed by atoms with Crippen LogP contribution in [0, 0.1) is 19.8 Å². The van der Waals surface area contributed by atoms with Gasteiger partial charge in [-0.15, -0.1) is 0 Å². The van der Waals surface area contributed by atoms with E-state index in [0.29, 0.717) is 17.0 Å². The van der Waals surface area contributed by atoms with Crippen LogP contribution in [-0.4, -0.2) is 35.9 Å². The molecule has 34 heavy (non-hydrogen) atoms. The first-order chi connectivity index (χ1) is 16.4. The van der Waals surface area contributed by atoms with Gasteiger partial charge in [0.2, 0.25) is 5.91 Å². The van der Waals surface area contributed by atoms with Crippen molar-refractivity contribution in [3.05, 3.63) is 95.1 Å². The molecular weight excluding hydrogens is 430 g/mol. The average Bonchev–Trinajstić information content (AvgIpc) is 3.36. The van der Waals surface area contributed by atoms with E-state index in [-0.39, 0.29) is 11.8 Å². The van der Waals surface area contributed by atoms with Gasteiger partial charge >= 0.3 is 0 Å². The third-order valence-electron chi connectivity index (χ3n) is 6.50. The summed E-state index contributed by atoms with van der Waals surface area (Å²) in [5, 5.41) is 1.33. The van der Waals surface area contributed by atoms with Gasteiger partial charge in [0.15, 0.2) is 0 Å². The van der Waals surface area contributed by atoms with Crippen LogP contribution in [0.3, 0.4) is 0 Å². The Labute approximate surface area is 197 Å². The van der Waals surface area contributed by atoms with Crippen molar-refractivity contribution in [2.45, 2.75) is 25.9 Å². The number of hydrogen-bond acceptors (Lipinski definition) is 5. The molecule has 0 bridgehead atoms. The van der Waals surface area contributed by atoms with Gasteiger partial charge in [0.1, 0.15) is 11.8 Å². The molecule has 7 heteroatoms. The average molecular weight is 456 g/mol. The van der Waals surface area contributed by atoms with Crippen LogP contribution >= 0.6 is 0 Å². The highest BCUT2D eigenvalue weighted by Crippen LogP contribution is 2.42. The van der Waals surface area contributed by atoms with Crippen LogP contribution in [0.15, 0.2) is 72.8 Å². The number of nitrogens with zero attached hydrogens (tertiary/aromatic N) is 2. The summed E-state index contributed by atoms with van der Waals surface area (Å²) >= 11 is 0. The van der Waals surface area contributed by atoms with Crippen molar-refractivity contribution in [2.24, 2.45) is 5.92 Å². The number of anilines is 1. The first-order valence-electron chi connectivity index (χ1n) is 11.1. The lowest BCUT2D eigenvalue weighted by Gasteiger charge is -2.25. The predicted octanol–water partition coefficient (Wildman–Crippen LogP) is 3.57. The highest BCUT2D eigenvalue weighted by Gasteiger charge is 2.60. The maximum absolute atomic E-state index is 13.7. The molecule has 3 atom stereocenters. The van der Waals surface area contributed by atoms with Crippen molar-refractivity contribution in [1.29, 1.82) is 0 Å². The summed E-state index contributed by atoms with van der Waals surface area (Å²) in [5.41, 5.74) is 6.93. The second-order valence-electron chi connectivity index (χ2n) is 8.74. The minimum absolute atomic E-state index is 0.335. The molecule has 3 aromatic carbocycles. The fourth-order valence-corrected chi connectivity index (χ4v) is 4.67. The summed E-state index contributed by atoms with van der Waals surface area (Å²) < 4.78 is 5.36. The van der Waals surface area contributed by atoms with Gasteiger partial charge in [-0.3, -0.25) is 19.4 Å². The van der Waals surface area contributed by atoms with E-state index >= 15 is 0 Å². The number of hydrazine groups is 1. The van der Waals surface area contributed by atoms with Crippen molar-refractivity contribution < 1.29 is 19.1 Å². The SMILES string of the molecule is COc1cccc([C@@H]2NN(C(=O)c3ccc(C)cc3)[C@@H]3C(=O)N(c4ccc(C)cc4)C(=O)[C@@H]32)c1. The number of methoxy groups -OCH3 is 1. The Morgan fingerprint density at radius 1 is 0.882 bits per heavy atom. The molecule has 0 saturated carbocycles. The highest BCUT2D eigenvalue weighted by molar-refractivity contribution is 6.25. The zero-order valence-electron chi connectivity index (χ0n) is 19.2. The van der Waals surface area contributed by atoms with Gasteiger partial charge in [0.05, 0.1) is 24.8 Å². The van der Waals surface area contributed by atoms with Crippen LogP contribution in [0.5, 0.6) is 5.75 Å². The van der Waals surface area contributed by atoms with Crippen LogP contribution in [0.2, 0.25) is 0 Å². The molecule has 2 aliphatic rings. The lowest BCUT2D eigenvalue weighted by molar-refractivity contribution is -0.123. The first-order valence-corrected chi connectivity index (χ1v) is 11.1. The van der Waals surface area contributed by atoms with E-state index in [2.05, 4.69) is 5.43 Å². The number of carbonyl (C=O) groups excluding carboxylic acids is 3. The Bertz CT molecular complexity index is 1270. The van der Waals surface area contributed by atoms with Crippen molar-refractivity contribution >= 4 is 23.4 Å². The summed E-state index contributed by atoms with van der Waals surface area (Å²) in [4.78, 5) is 42.0. The largest absolute Gasteiger partial charge is 0.497 e. The topological polar surface area (TPSA) is 79.0 Å². The van der Waals surface area contributed by atoms with E-state index in [1.165, 1.54) is 9.91 Å². The van der Waals surface area contributed by atoms with Gasteiger partial charge < -0.3 is 4.74 Å². The Balaban J connectivity index is 1.58. The van der Waals surface area contributed by atoms with Crippen LogP contribution in [0.1, 0.15) is 33.1 Å². The zero-order valence-corrected chi connectivity index (χ0v) is 19.2. The number of fused-ring (bicyclic) bond motifs is 1. The van der Waals surface area contributed by atoms with Gasteiger partial charge in [0, 0.05) is 5.56 Å². The van der Waals surface area contributed by atoms with Gasteiger partial charge in [0.25, 0.3) is 11.8 Å². The van der Waals surface area contributed by atoms with Crippen LogP contribution in [0.25, 0.3) is 0 Å². The molecule has 3 aromatic rings. The molecule has 7 nitrogen and oxygen atoms in total. The summed E-state index contributed by atoms with van der Waals surface area (Å²) in [6.45, 7) is 3.88. The second kappa shape index (κ2) is 8.43. The number of benzene rings is 3. The molecule has 0 aliphatic carbocycles. The molecule has 2 fully saturated rings. The third-order valence-corrected chi connectivity index (χ3v) is 6.50. The van der Waals surface area contributed by atoms with Gasteiger partial charge in [-0.2, -0.15) is 0 Å². The van der Waals surface area contributed by atoms with Crippen LogP contribution in [0.4, 0.5) is 5.69 Å². The number of imide groups is 1. The highest BCUT2D eigenvalue weighted by atomic mass is 16.5. The van der Waals surface area contributed by atoms with Crippen molar-refractivity contribution in [2.75, 3.05) is 12.0 Å². The molecule has 2 saturated heterocycles. The van der Waals surface area contributed by atoms with Gasteiger partial charge in [-0.05, 0) is 55.8 Å². The fraction of sp³-hybridized carbons (Fsp3) is 0.222. The van der Waals surface area contributed by atoms with Crippen molar-refractivity contribution in [1.82, 2.24) is 10.4 Å². The molecule has 2 heterocycles. The molecule has 0 radical (unpaired) electrons. The Morgan fingerprint density at radius 2 is 1.53 bits per heavy atom. The quantitative estimate of drug-likeness (QED) is 0.609. The fourth-order valence-electron chi connectivity index (χ4n) is 4.67. The van der Waals surface area contributed by atoms with E-state index in [1.807, 2.05) is 62.4 Å². The predicted molar refractivity (Wildman–Crippen MR) is 127 cm³/mol. The molecule has 0 spiro atoms. The summed E-state index contributed by atoms with van der Waals surface area (Å²) in [7, 11) is 1.57.